The van der Waals surface area contributed by atoms with Crippen LogP contribution in [0.3, 0.4) is 0 Å². The van der Waals surface area contributed by atoms with E-state index in [2.05, 4.69) is 33.2 Å². The Balaban J connectivity index is 1.69. The van der Waals surface area contributed by atoms with Crippen LogP contribution in [0.1, 0.15) is 31.1 Å². The first-order valence-corrected chi connectivity index (χ1v) is 8.41. The molecule has 0 spiro atoms. The van der Waals surface area contributed by atoms with E-state index in [-0.39, 0.29) is 11.7 Å². The van der Waals surface area contributed by atoms with Crippen LogP contribution in [0.15, 0.2) is 36.2 Å². The average Bonchev–Trinajstić information content (AvgIpc) is 3.01. The molecule has 1 aliphatic rings. The molecule has 2 aromatic heterocycles. The van der Waals surface area contributed by atoms with Crippen LogP contribution in [0.5, 0.6) is 0 Å². The summed E-state index contributed by atoms with van der Waals surface area (Å²) in [6.07, 6.45) is 5.31. The van der Waals surface area contributed by atoms with Crippen molar-refractivity contribution in [2.45, 2.75) is 26.4 Å². The second-order valence-electron chi connectivity index (χ2n) is 6.29. The van der Waals surface area contributed by atoms with E-state index in [1.54, 1.807) is 6.92 Å². The van der Waals surface area contributed by atoms with Gasteiger partial charge < -0.3 is 20.4 Å². The first kappa shape index (κ1) is 17.3. The molecular formula is C18H23N5O2. The minimum atomic E-state index is -0.259. The molecule has 2 aromatic rings. The van der Waals surface area contributed by atoms with Crippen molar-refractivity contribution in [2.75, 3.05) is 19.6 Å². The number of piperazine rings is 1. The van der Waals surface area contributed by atoms with Crippen molar-refractivity contribution < 1.29 is 9.59 Å². The van der Waals surface area contributed by atoms with Crippen LogP contribution < -0.4 is 16.0 Å². The molecule has 0 aliphatic carbocycles. The summed E-state index contributed by atoms with van der Waals surface area (Å²) in [4.78, 5) is 27.5. The molecule has 3 heterocycles. The Morgan fingerprint density at radius 1 is 1.32 bits per heavy atom. The number of carbonyl (C=O) groups excluding carboxylic acids is 2. The van der Waals surface area contributed by atoms with Crippen LogP contribution in [0.4, 0.5) is 0 Å². The van der Waals surface area contributed by atoms with Crippen molar-refractivity contribution in [3.05, 3.63) is 47.4 Å². The van der Waals surface area contributed by atoms with Gasteiger partial charge in [-0.25, -0.2) is 4.98 Å². The number of allylic oxidation sites excluding steroid dienone is 1. The summed E-state index contributed by atoms with van der Waals surface area (Å²) in [7, 11) is 0. The number of imidazole rings is 1. The van der Waals surface area contributed by atoms with E-state index in [0.29, 0.717) is 18.2 Å². The molecular weight excluding hydrogens is 318 g/mol. The fourth-order valence-electron chi connectivity index (χ4n) is 2.92. The van der Waals surface area contributed by atoms with Crippen LogP contribution in [-0.2, 0) is 16.1 Å². The van der Waals surface area contributed by atoms with Gasteiger partial charge in [0.05, 0.1) is 12.2 Å². The number of fused-ring (bicyclic) bond motifs is 1. The first-order valence-electron chi connectivity index (χ1n) is 8.41. The Bertz CT molecular complexity index is 818. The molecule has 25 heavy (non-hydrogen) atoms. The number of nitrogens with zero attached hydrogens (tertiary/aromatic N) is 2. The minimum Gasteiger partial charge on any atom is -0.347 e. The Morgan fingerprint density at radius 2 is 2.16 bits per heavy atom. The summed E-state index contributed by atoms with van der Waals surface area (Å²) in [6, 6.07) is 4.36. The van der Waals surface area contributed by atoms with Crippen molar-refractivity contribution in [3.8, 4) is 0 Å². The normalized spacial score (nSPS) is 18.3. The lowest BCUT2D eigenvalue weighted by atomic mass is 10.1. The van der Waals surface area contributed by atoms with Gasteiger partial charge in [0, 0.05) is 43.6 Å². The number of aromatic nitrogens is 2. The quantitative estimate of drug-likeness (QED) is 0.698. The SMILES string of the molecule is CC(=O)/C=C(\C)C(=O)NCc1cn2cc(C3CNCCN3)ccc2n1. The van der Waals surface area contributed by atoms with Crippen LogP contribution in [0, 0.1) is 0 Å². The van der Waals surface area contributed by atoms with Gasteiger partial charge >= 0.3 is 0 Å². The molecule has 0 radical (unpaired) electrons. The van der Waals surface area contributed by atoms with Gasteiger partial charge in [0.2, 0.25) is 5.91 Å². The van der Waals surface area contributed by atoms with Crippen molar-refractivity contribution in [1.29, 1.82) is 0 Å². The average molecular weight is 341 g/mol. The summed E-state index contributed by atoms with van der Waals surface area (Å²) in [5, 5.41) is 9.65. The largest absolute Gasteiger partial charge is 0.347 e. The zero-order valence-corrected chi connectivity index (χ0v) is 14.5. The van der Waals surface area contributed by atoms with E-state index in [1.165, 1.54) is 18.6 Å². The summed E-state index contributed by atoms with van der Waals surface area (Å²) >= 11 is 0. The van der Waals surface area contributed by atoms with Gasteiger partial charge in [-0.1, -0.05) is 6.07 Å². The number of nitrogens with one attached hydrogen (secondary N) is 3. The molecule has 0 bridgehead atoms. The van der Waals surface area contributed by atoms with Gasteiger partial charge in [-0.15, -0.1) is 0 Å². The molecule has 0 saturated carbocycles. The molecule has 0 aromatic carbocycles. The lowest BCUT2D eigenvalue weighted by Crippen LogP contribution is -2.42. The van der Waals surface area contributed by atoms with Crippen molar-refractivity contribution in [3.63, 3.8) is 0 Å². The fourth-order valence-corrected chi connectivity index (χ4v) is 2.92. The maximum absolute atomic E-state index is 11.9. The smallest absolute Gasteiger partial charge is 0.247 e. The maximum atomic E-state index is 11.9. The second kappa shape index (κ2) is 7.58. The molecule has 1 atom stereocenters. The third kappa shape index (κ3) is 4.32. The second-order valence-corrected chi connectivity index (χ2v) is 6.29. The Hall–Kier alpha value is -2.51. The highest BCUT2D eigenvalue weighted by Crippen LogP contribution is 2.15. The third-order valence-electron chi connectivity index (χ3n) is 4.18. The van der Waals surface area contributed by atoms with E-state index < -0.39 is 0 Å². The van der Waals surface area contributed by atoms with Crippen molar-refractivity contribution in [1.82, 2.24) is 25.3 Å². The lowest BCUT2D eigenvalue weighted by Gasteiger charge is -2.24. The number of hydrogen-bond acceptors (Lipinski definition) is 5. The third-order valence-corrected chi connectivity index (χ3v) is 4.18. The zero-order valence-electron chi connectivity index (χ0n) is 14.5. The number of pyridine rings is 1. The highest BCUT2D eigenvalue weighted by molar-refractivity contribution is 6.00. The monoisotopic (exact) mass is 341 g/mol. The van der Waals surface area contributed by atoms with Crippen LogP contribution in [0.25, 0.3) is 5.65 Å². The molecule has 132 valence electrons. The standard InChI is InChI=1S/C18H23N5O2/c1-12(7-13(2)24)18(25)21-8-15-11-23-10-14(3-4-17(23)22-15)16-9-19-5-6-20-16/h3-4,7,10-11,16,19-20H,5-6,8-9H2,1-2H3,(H,21,25)/b12-7+. The van der Waals surface area contributed by atoms with Gasteiger partial charge in [-0.2, -0.15) is 0 Å². The lowest BCUT2D eigenvalue weighted by molar-refractivity contribution is -0.118. The molecule has 7 heteroatoms. The molecule has 1 fully saturated rings. The molecule has 1 aliphatic heterocycles. The number of carbonyl (C=O) groups is 2. The fraction of sp³-hybridized carbons (Fsp3) is 0.389. The number of amides is 1. The topological polar surface area (TPSA) is 87.5 Å². The Labute approximate surface area is 146 Å². The van der Waals surface area contributed by atoms with E-state index in [4.69, 9.17) is 0 Å². The van der Waals surface area contributed by atoms with Gasteiger partial charge in [0.1, 0.15) is 5.65 Å². The minimum absolute atomic E-state index is 0.140. The van der Waals surface area contributed by atoms with E-state index in [1.807, 2.05) is 16.7 Å². The van der Waals surface area contributed by atoms with Gasteiger partial charge in [-0.05, 0) is 31.6 Å². The molecule has 1 amide bonds. The summed E-state index contributed by atoms with van der Waals surface area (Å²) in [5.41, 5.74) is 3.21. The molecule has 1 saturated heterocycles. The van der Waals surface area contributed by atoms with E-state index in [9.17, 15) is 9.59 Å². The predicted octanol–water partition coefficient (Wildman–Crippen LogP) is 0.720. The highest BCUT2D eigenvalue weighted by Gasteiger charge is 2.15. The Kier molecular flexibility index (Phi) is 5.25. The summed E-state index contributed by atoms with van der Waals surface area (Å²) in [5.74, 6) is -0.399. The number of rotatable bonds is 5. The van der Waals surface area contributed by atoms with Crippen LogP contribution in [-0.4, -0.2) is 40.7 Å². The maximum Gasteiger partial charge on any atom is 0.247 e. The number of ketones is 1. The number of hydrogen-bond donors (Lipinski definition) is 3. The zero-order chi connectivity index (χ0) is 17.8. The van der Waals surface area contributed by atoms with Gasteiger partial charge in [-0.3, -0.25) is 9.59 Å². The van der Waals surface area contributed by atoms with E-state index >= 15 is 0 Å². The van der Waals surface area contributed by atoms with Crippen molar-refractivity contribution >= 4 is 17.3 Å². The highest BCUT2D eigenvalue weighted by atomic mass is 16.2. The molecule has 7 nitrogen and oxygen atoms in total. The molecule has 1 unspecified atom stereocenters. The van der Waals surface area contributed by atoms with Gasteiger partial charge in [0.25, 0.3) is 0 Å². The van der Waals surface area contributed by atoms with Crippen molar-refractivity contribution in [2.24, 2.45) is 0 Å². The van der Waals surface area contributed by atoms with Crippen LogP contribution in [0.2, 0.25) is 0 Å². The van der Waals surface area contributed by atoms with Crippen LogP contribution >= 0.6 is 0 Å². The summed E-state index contributed by atoms with van der Waals surface area (Å²) in [6.45, 7) is 6.22. The Morgan fingerprint density at radius 3 is 2.88 bits per heavy atom. The predicted molar refractivity (Wildman–Crippen MR) is 95.1 cm³/mol. The summed E-state index contributed by atoms with van der Waals surface area (Å²) < 4.78 is 1.98. The molecule has 3 N–H and O–H groups in total. The molecule has 3 rings (SSSR count). The first-order chi connectivity index (χ1) is 12.0. The van der Waals surface area contributed by atoms with E-state index in [0.717, 1.165) is 31.0 Å². The van der Waals surface area contributed by atoms with Gasteiger partial charge in [0.15, 0.2) is 5.78 Å².